The Kier molecular flexibility index (Phi) is 4.39. The first-order valence-electron chi connectivity index (χ1n) is 8.75. The maximum absolute atomic E-state index is 12.3. The lowest BCUT2D eigenvalue weighted by atomic mass is 9.84. The van der Waals surface area contributed by atoms with Crippen LogP contribution in [0.4, 0.5) is 0 Å². The first-order chi connectivity index (χ1) is 11.2. The van der Waals surface area contributed by atoms with Crippen LogP contribution < -0.4 is 0 Å². The van der Waals surface area contributed by atoms with Gasteiger partial charge in [-0.2, -0.15) is 0 Å². The van der Waals surface area contributed by atoms with Gasteiger partial charge in [0.2, 0.25) is 5.91 Å². The summed E-state index contributed by atoms with van der Waals surface area (Å²) in [5.74, 6) is 0.867. The molecule has 0 bridgehead atoms. The number of carbonyl (C=O) groups is 1. The molecule has 3 saturated heterocycles. The average molecular weight is 335 g/mol. The molecule has 0 spiro atoms. The highest BCUT2D eigenvalue weighted by Gasteiger charge is 2.44. The van der Waals surface area contributed by atoms with Crippen molar-refractivity contribution in [3.05, 3.63) is 16.1 Å². The topological polar surface area (TPSA) is 45.7 Å². The van der Waals surface area contributed by atoms with E-state index in [0.29, 0.717) is 18.2 Å². The molecule has 5 nitrogen and oxygen atoms in total. The van der Waals surface area contributed by atoms with Crippen LogP contribution >= 0.6 is 11.3 Å². The molecule has 23 heavy (non-hydrogen) atoms. The highest BCUT2D eigenvalue weighted by atomic mass is 32.1. The zero-order valence-corrected chi connectivity index (χ0v) is 14.6. The number of rotatable bonds is 3. The number of ether oxygens (including phenoxy) is 1. The van der Waals surface area contributed by atoms with Crippen LogP contribution in [0.15, 0.2) is 5.38 Å². The summed E-state index contributed by atoms with van der Waals surface area (Å²) in [5.41, 5.74) is 1.10. The van der Waals surface area contributed by atoms with Gasteiger partial charge in [-0.3, -0.25) is 9.69 Å². The van der Waals surface area contributed by atoms with E-state index in [2.05, 4.69) is 20.2 Å². The van der Waals surface area contributed by atoms with E-state index in [-0.39, 0.29) is 12.1 Å². The lowest BCUT2D eigenvalue weighted by Gasteiger charge is -2.48. The molecule has 0 radical (unpaired) electrons. The van der Waals surface area contributed by atoms with Crippen LogP contribution in [-0.4, -0.2) is 59.1 Å². The number of aromatic nitrogens is 1. The molecule has 3 aliphatic rings. The highest BCUT2D eigenvalue weighted by Crippen LogP contribution is 2.33. The molecule has 3 aliphatic heterocycles. The third kappa shape index (κ3) is 3.16. The van der Waals surface area contributed by atoms with Crippen LogP contribution in [0, 0.1) is 12.8 Å². The Labute approximate surface area is 141 Å². The summed E-state index contributed by atoms with van der Waals surface area (Å²) in [4.78, 5) is 21.5. The van der Waals surface area contributed by atoms with Crippen LogP contribution in [0.2, 0.25) is 0 Å². The zero-order chi connectivity index (χ0) is 15.8. The minimum atomic E-state index is 0.227. The molecular formula is C17H25N3O2S. The van der Waals surface area contributed by atoms with Crippen molar-refractivity contribution in [1.82, 2.24) is 14.8 Å². The maximum atomic E-state index is 12.3. The summed E-state index contributed by atoms with van der Waals surface area (Å²) in [7, 11) is 0. The fourth-order valence-electron chi connectivity index (χ4n) is 4.35. The second-order valence-corrected chi connectivity index (χ2v) is 8.02. The summed E-state index contributed by atoms with van der Waals surface area (Å²) < 4.78 is 6.12. The van der Waals surface area contributed by atoms with E-state index in [1.54, 1.807) is 11.3 Å². The fraction of sp³-hybridized carbons (Fsp3) is 0.765. The molecule has 6 heteroatoms. The third-order valence-corrected chi connectivity index (χ3v) is 6.30. The van der Waals surface area contributed by atoms with Gasteiger partial charge < -0.3 is 9.64 Å². The smallest absolute Gasteiger partial charge is 0.223 e. The number of hydrogen-bond acceptors (Lipinski definition) is 5. The molecule has 0 saturated carbocycles. The molecule has 4 heterocycles. The Balaban J connectivity index is 1.52. The lowest BCUT2D eigenvalue weighted by molar-refractivity contribution is -0.145. The molecule has 126 valence electrons. The van der Waals surface area contributed by atoms with Crippen molar-refractivity contribution in [3.8, 4) is 0 Å². The molecule has 3 atom stereocenters. The Morgan fingerprint density at radius 1 is 1.39 bits per heavy atom. The lowest BCUT2D eigenvalue weighted by Crippen LogP contribution is -2.61. The standard InChI is InChI=1S/C17H25N3O2S/c1-12-11-23-15(18-12)10-19-8-13-4-3-7-22-17(13)14(9-19)20-6-2-5-16(20)21/h11,13-14,17H,2-10H2,1H3/t13-,14+,17-/m1/s1. The van der Waals surface area contributed by atoms with E-state index in [4.69, 9.17) is 4.74 Å². The van der Waals surface area contributed by atoms with Crippen molar-refractivity contribution in [2.75, 3.05) is 26.2 Å². The number of aryl methyl sites for hydroxylation is 1. The van der Waals surface area contributed by atoms with Gasteiger partial charge in [0.15, 0.2) is 0 Å². The Hall–Kier alpha value is -0.980. The molecule has 0 aromatic carbocycles. The van der Waals surface area contributed by atoms with Gasteiger partial charge >= 0.3 is 0 Å². The molecule has 1 amide bonds. The number of thiazole rings is 1. The van der Waals surface area contributed by atoms with Gasteiger partial charge in [-0.05, 0) is 32.1 Å². The van der Waals surface area contributed by atoms with Crippen molar-refractivity contribution in [2.24, 2.45) is 5.92 Å². The van der Waals surface area contributed by atoms with E-state index < -0.39 is 0 Å². The second kappa shape index (κ2) is 6.49. The van der Waals surface area contributed by atoms with Crippen molar-refractivity contribution in [3.63, 3.8) is 0 Å². The molecule has 1 aromatic rings. The van der Waals surface area contributed by atoms with Gasteiger partial charge in [-0.1, -0.05) is 0 Å². The minimum absolute atomic E-state index is 0.227. The predicted molar refractivity (Wildman–Crippen MR) is 89.3 cm³/mol. The molecule has 3 fully saturated rings. The summed E-state index contributed by atoms with van der Waals surface area (Å²) >= 11 is 1.74. The van der Waals surface area contributed by atoms with Gasteiger partial charge in [0.1, 0.15) is 5.01 Å². The van der Waals surface area contributed by atoms with Gasteiger partial charge in [0.05, 0.1) is 18.7 Å². The summed E-state index contributed by atoms with van der Waals surface area (Å²) in [6, 6.07) is 0.227. The molecule has 1 aromatic heterocycles. The van der Waals surface area contributed by atoms with E-state index in [9.17, 15) is 4.79 Å². The number of hydrogen-bond donors (Lipinski definition) is 0. The third-order valence-electron chi connectivity index (χ3n) is 5.35. The number of likely N-dealkylation sites (tertiary alicyclic amines) is 2. The Bertz CT molecular complexity index is 576. The first-order valence-corrected chi connectivity index (χ1v) is 9.63. The van der Waals surface area contributed by atoms with Crippen LogP contribution in [0.25, 0.3) is 0 Å². The van der Waals surface area contributed by atoms with Crippen LogP contribution in [0.3, 0.4) is 0 Å². The Morgan fingerprint density at radius 3 is 3.04 bits per heavy atom. The quantitative estimate of drug-likeness (QED) is 0.848. The molecular weight excluding hydrogens is 310 g/mol. The van der Waals surface area contributed by atoms with Crippen LogP contribution in [-0.2, 0) is 16.1 Å². The van der Waals surface area contributed by atoms with Crippen molar-refractivity contribution in [1.29, 1.82) is 0 Å². The number of fused-ring (bicyclic) bond motifs is 1. The second-order valence-electron chi connectivity index (χ2n) is 7.07. The number of carbonyl (C=O) groups excluding carboxylic acids is 1. The average Bonchev–Trinajstić information content (AvgIpc) is 3.15. The van der Waals surface area contributed by atoms with Gasteiger partial charge in [0, 0.05) is 43.7 Å². The fourth-order valence-corrected chi connectivity index (χ4v) is 5.16. The molecule has 0 N–H and O–H groups in total. The summed E-state index contributed by atoms with van der Waals surface area (Å²) in [6.07, 6.45) is 4.31. The maximum Gasteiger partial charge on any atom is 0.223 e. The van der Waals surface area contributed by atoms with E-state index in [1.807, 2.05) is 6.92 Å². The predicted octanol–water partition coefficient (Wildman–Crippen LogP) is 2.05. The van der Waals surface area contributed by atoms with E-state index in [0.717, 1.165) is 51.3 Å². The van der Waals surface area contributed by atoms with Crippen molar-refractivity contribution >= 4 is 17.2 Å². The van der Waals surface area contributed by atoms with Crippen LogP contribution in [0.5, 0.6) is 0 Å². The summed E-state index contributed by atoms with van der Waals surface area (Å²) in [5, 5.41) is 3.30. The zero-order valence-electron chi connectivity index (χ0n) is 13.7. The Morgan fingerprint density at radius 2 is 2.30 bits per heavy atom. The van der Waals surface area contributed by atoms with Gasteiger partial charge in [-0.25, -0.2) is 4.98 Å². The SMILES string of the molecule is Cc1csc(CN2C[C@H]3CCCO[C@H]3[C@@H](N3CCCC3=O)C2)n1. The van der Waals surface area contributed by atoms with Gasteiger partial charge in [0.25, 0.3) is 0 Å². The highest BCUT2D eigenvalue weighted by molar-refractivity contribution is 7.09. The number of nitrogens with zero attached hydrogens (tertiary/aromatic N) is 3. The van der Waals surface area contributed by atoms with Crippen LogP contribution in [0.1, 0.15) is 36.4 Å². The normalized spacial score (nSPS) is 32.3. The molecule has 0 aliphatic carbocycles. The van der Waals surface area contributed by atoms with E-state index >= 15 is 0 Å². The summed E-state index contributed by atoms with van der Waals surface area (Å²) in [6.45, 7) is 6.70. The van der Waals surface area contributed by atoms with E-state index in [1.165, 1.54) is 11.4 Å². The van der Waals surface area contributed by atoms with Gasteiger partial charge in [-0.15, -0.1) is 11.3 Å². The monoisotopic (exact) mass is 335 g/mol. The first kappa shape index (κ1) is 15.5. The molecule has 0 unspecified atom stereocenters. The number of amides is 1. The number of piperidine rings is 1. The minimum Gasteiger partial charge on any atom is -0.376 e. The molecule has 4 rings (SSSR count). The van der Waals surface area contributed by atoms with Crippen molar-refractivity contribution < 1.29 is 9.53 Å². The largest absolute Gasteiger partial charge is 0.376 e. The van der Waals surface area contributed by atoms with Crippen molar-refractivity contribution in [2.45, 2.75) is 51.3 Å².